The largest absolute Gasteiger partial charge is 0.416 e. The van der Waals surface area contributed by atoms with Crippen LogP contribution in [0.2, 0.25) is 0 Å². The smallest absolute Gasteiger partial charge is 0.381 e. The second-order valence-corrected chi connectivity index (χ2v) is 11.4. The molecule has 0 unspecified atom stereocenters. The van der Waals surface area contributed by atoms with E-state index in [1.807, 2.05) is 0 Å². The van der Waals surface area contributed by atoms with Gasteiger partial charge in [0, 0.05) is 44.1 Å². The molecule has 1 amide bonds. The van der Waals surface area contributed by atoms with Crippen LogP contribution in [0.5, 0.6) is 0 Å². The maximum Gasteiger partial charge on any atom is 0.416 e. The molecule has 0 bridgehead atoms. The maximum absolute atomic E-state index is 14.0. The summed E-state index contributed by atoms with van der Waals surface area (Å²) in [6.45, 7) is 5.12. The van der Waals surface area contributed by atoms with Crippen molar-refractivity contribution in [1.82, 2.24) is 4.90 Å². The van der Waals surface area contributed by atoms with Gasteiger partial charge in [-0.15, -0.1) is 0 Å². The third kappa shape index (κ3) is 6.45. The monoisotopic (exact) mass is 603 g/mol. The van der Waals surface area contributed by atoms with Gasteiger partial charge in [-0.25, -0.2) is 4.39 Å². The number of ether oxygens (including phenoxy) is 3. The van der Waals surface area contributed by atoms with Gasteiger partial charge in [-0.05, 0) is 79.6 Å². The number of carbonyl (C=O) groups is 1. The molecule has 12 heteroatoms. The molecule has 0 aliphatic carbocycles. The minimum absolute atomic E-state index is 0.0248. The molecule has 5 rings (SSSR count). The first-order valence-electron chi connectivity index (χ1n) is 13.9. The zero-order valence-corrected chi connectivity index (χ0v) is 23.1. The van der Waals surface area contributed by atoms with Crippen LogP contribution < -0.4 is 0 Å². The lowest BCUT2D eigenvalue weighted by Gasteiger charge is -2.41. The molecule has 0 radical (unpaired) electrons. The Labute approximate surface area is 238 Å². The Morgan fingerprint density at radius 2 is 1.62 bits per heavy atom. The summed E-state index contributed by atoms with van der Waals surface area (Å²) in [6, 6.07) is 5.60. The number of carbonyl (C=O) groups excluding carboxylic acids is 1. The van der Waals surface area contributed by atoms with Gasteiger partial charge >= 0.3 is 12.4 Å². The van der Waals surface area contributed by atoms with Crippen LogP contribution in [0.4, 0.5) is 30.7 Å². The lowest BCUT2D eigenvalue weighted by Crippen LogP contribution is -2.42. The maximum atomic E-state index is 14.0. The fourth-order valence-electron chi connectivity index (χ4n) is 6.39. The van der Waals surface area contributed by atoms with Crippen molar-refractivity contribution in [2.75, 3.05) is 32.9 Å². The van der Waals surface area contributed by atoms with E-state index in [0.717, 1.165) is 0 Å². The molecule has 0 saturated carbocycles. The van der Waals surface area contributed by atoms with E-state index < -0.39 is 47.6 Å². The molecule has 2 aromatic rings. The van der Waals surface area contributed by atoms with Crippen molar-refractivity contribution in [3.8, 4) is 0 Å². The van der Waals surface area contributed by atoms with Crippen LogP contribution in [-0.2, 0) is 31.4 Å². The molecule has 5 nitrogen and oxygen atoms in total. The lowest BCUT2D eigenvalue weighted by molar-refractivity contribution is -0.217. The topological polar surface area (TPSA) is 48.0 Å². The number of nitrogens with zero attached hydrogens (tertiary/aromatic N) is 1. The zero-order valence-electron chi connectivity index (χ0n) is 23.1. The SMILES string of the molecule is Cc1cc(F)ccc1[C@@H]1[C@@H](O[C@H](C)c2cc(C(F)(F)F)cc(C(F)(F)F)c2)OC[C@@H]2CN(C(=O)C3CCOCC3)C[C@H]21. The number of benzene rings is 2. The molecule has 3 heterocycles. The Bertz CT molecular complexity index is 1260. The summed E-state index contributed by atoms with van der Waals surface area (Å²) in [5.41, 5.74) is -1.89. The van der Waals surface area contributed by atoms with Crippen molar-refractivity contribution in [2.24, 2.45) is 17.8 Å². The van der Waals surface area contributed by atoms with Gasteiger partial charge in [0.1, 0.15) is 5.82 Å². The molecular formula is C30H32F7NO4. The van der Waals surface area contributed by atoms with Gasteiger partial charge in [-0.1, -0.05) is 6.07 Å². The molecule has 3 aliphatic heterocycles. The van der Waals surface area contributed by atoms with Crippen LogP contribution in [0.25, 0.3) is 0 Å². The number of fused-ring (bicyclic) bond motifs is 1. The van der Waals surface area contributed by atoms with E-state index in [2.05, 4.69) is 0 Å². The summed E-state index contributed by atoms with van der Waals surface area (Å²) in [7, 11) is 0. The van der Waals surface area contributed by atoms with Gasteiger partial charge in [0.25, 0.3) is 0 Å². The third-order valence-corrected chi connectivity index (χ3v) is 8.61. The number of hydrogen-bond donors (Lipinski definition) is 0. The van der Waals surface area contributed by atoms with Crippen molar-refractivity contribution >= 4 is 5.91 Å². The molecule has 42 heavy (non-hydrogen) atoms. The summed E-state index contributed by atoms with van der Waals surface area (Å²) >= 11 is 0. The van der Waals surface area contributed by atoms with E-state index in [4.69, 9.17) is 14.2 Å². The Morgan fingerprint density at radius 1 is 0.976 bits per heavy atom. The highest BCUT2D eigenvalue weighted by molar-refractivity contribution is 5.79. The molecule has 2 aromatic carbocycles. The summed E-state index contributed by atoms with van der Waals surface area (Å²) < 4.78 is 113. The Balaban J connectivity index is 1.45. The van der Waals surface area contributed by atoms with Crippen molar-refractivity contribution in [3.05, 3.63) is 70.0 Å². The number of amides is 1. The van der Waals surface area contributed by atoms with Crippen molar-refractivity contribution in [2.45, 2.75) is 57.4 Å². The Morgan fingerprint density at radius 3 is 2.21 bits per heavy atom. The van der Waals surface area contributed by atoms with Crippen molar-refractivity contribution < 1.29 is 49.7 Å². The number of aryl methyl sites for hydroxylation is 1. The highest BCUT2D eigenvalue weighted by atomic mass is 19.4. The fraction of sp³-hybridized carbons (Fsp3) is 0.567. The second-order valence-electron chi connectivity index (χ2n) is 11.4. The number of alkyl halides is 6. The number of likely N-dealkylation sites (tertiary alicyclic amines) is 1. The first-order chi connectivity index (χ1) is 19.7. The minimum Gasteiger partial charge on any atom is -0.381 e. The van der Waals surface area contributed by atoms with Crippen LogP contribution in [0.3, 0.4) is 0 Å². The van der Waals surface area contributed by atoms with Gasteiger partial charge in [-0.2, -0.15) is 26.3 Å². The summed E-state index contributed by atoms with van der Waals surface area (Å²) in [5.74, 6) is -1.40. The molecule has 3 saturated heterocycles. The second kappa shape index (κ2) is 11.8. The standard InChI is InChI=1S/C30H32F7NO4/c1-16-9-23(31)3-4-24(16)26-25-14-38(27(39)18-5-7-40-8-6-18)13-20(25)15-41-28(26)42-17(2)19-10-21(29(32,33)34)12-22(11-19)30(35,36)37/h3-4,9-12,17-18,20,25-26,28H,5-8,13-15H2,1-2H3/t17-,20+,25-,26+,28-/m1/s1. The summed E-state index contributed by atoms with van der Waals surface area (Å²) in [4.78, 5) is 15.1. The van der Waals surface area contributed by atoms with Crippen molar-refractivity contribution in [3.63, 3.8) is 0 Å². The van der Waals surface area contributed by atoms with Gasteiger partial charge < -0.3 is 19.1 Å². The van der Waals surface area contributed by atoms with Crippen LogP contribution in [0.15, 0.2) is 36.4 Å². The first kappa shape index (κ1) is 30.7. The summed E-state index contributed by atoms with van der Waals surface area (Å²) in [6.07, 6.45) is -11.0. The third-order valence-electron chi connectivity index (χ3n) is 8.61. The lowest BCUT2D eigenvalue weighted by atomic mass is 9.76. The van der Waals surface area contributed by atoms with Crippen LogP contribution in [-0.4, -0.2) is 50.0 Å². The van der Waals surface area contributed by atoms with Gasteiger partial charge in [0.05, 0.1) is 23.8 Å². The molecule has 0 aromatic heterocycles. The van der Waals surface area contributed by atoms with E-state index in [0.29, 0.717) is 62.4 Å². The average Bonchev–Trinajstić information content (AvgIpc) is 3.37. The molecule has 3 fully saturated rings. The van der Waals surface area contributed by atoms with Crippen LogP contribution in [0.1, 0.15) is 59.6 Å². The predicted octanol–water partition coefficient (Wildman–Crippen LogP) is 6.89. The molecule has 0 N–H and O–H groups in total. The number of halogens is 7. The molecule has 5 atom stereocenters. The number of rotatable bonds is 5. The van der Waals surface area contributed by atoms with E-state index in [-0.39, 0.29) is 41.9 Å². The molecule has 0 spiro atoms. The van der Waals surface area contributed by atoms with Crippen LogP contribution in [0, 0.1) is 30.5 Å². The molecular weight excluding hydrogens is 571 g/mol. The normalized spacial score (nSPS) is 26.3. The van der Waals surface area contributed by atoms with Crippen LogP contribution >= 0.6 is 0 Å². The van der Waals surface area contributed by atoms with Crippen molar-refractivity contribution in [1.29, 1.82) is 0 Å². The Kier molecular flexibility index (Phi) is 8.61. The van der Waals surface area contributed by atoms with Gasteiger partial charge in [0.15, 0.2) is 6.29 Å². The number of hydrogen-bond acceptors (Lipinski definition) is 4. The fourth-order valence-corrected chi connectivity index (χ4v) is 6.39. The molecule has 230 valence electrons. The van der Waals surface area contributed by atoms with E-state index in [1.54, 1.807) is 17.9 Å². The zero-order chi connectivity index (χ0) is 30.4. The quantitative estimate of drug-likeness (QED) is 0.350. The van der Waals surface area contributed by atoms with E-state index in [1.165, 1.54) is 19.1 Å². The molecule has 3 aliphatic rings. The van der Waals surface area contributed by atoms with E-state index >= 15 is 0 Å². The van der Waals surface area contributed by atoms with E-state index in [9.17, 15) is 35.5 Å². The first-order valence-corrected chi connectivity index (χ1v) is 13.9. The summed E-state index contributed by atoms with van der Waals surface area (Å²) in [5, 5.41) is 0. The minimum atomic E-state index is -5.00. The highest BCUT2D eigenvalue weighted by Gasteiger charge is 2.49. The Hall–Kier alpha value is -2.70. The van der Waals surface area contributed by atoms with Gasteiger partial charge in [-0.3, -0.25) is 4.79 Å². The average molecular weight is 604 g/mol. The predicted molar refractivity (Wildman–Crippen MR) is 137 cm³/mol. The van der Waals surface area contributed by atoms with Gasteiger partial charge in [0.2, 0.25) is 5.91 Å². The highest BCUT2D eigenvalue weighted by Crippen LogP contribution is 2.46.